The minimum atomic E-state index is -0.539. The number of amides is 1. The van der Waals surface area contributed by atoms with Gasteiger partial charge in [-0.3, -0.25) is 9.59 Å². The van der Waals surface area contributed by atoms with E-state index >= 15 is 0 Å². The molecule has 0 bridgehead atoms. The number of anilines is 2. The van der Waals surface area contributed by atoms with E-state index in [2.05, 4.69) is 25.9 Å². The molecule has 34 heavy (non-hydrogen) atoms. The summed E-state index contributed by atoms with van der Waals surface area (Å²) in [7, 11) is 0. The van der Waals surface area contributed by atoms with E-state index in [1.165, 1.54) is 6.07 Å². The Balaban J connectivity index is 1.71. The van der Waals surface area contributed by atoms with Gasteiger partial charge in [0, 0.05) is 29.2 Å². The molecular formula is C25H27Cl2N5O2. The van der Waals surface area contributed by atoms with E-state index in [-0.39, 0.29) is 23.5 Å². The molecule has 1 heterocycles. The standard InChI is InChI=1S/C25H27Cl2N5O2/c1-16(2)10-22(24(34)28-13-17-6-8-19(26)9-7-17)31-23-12-21(15-33)30-25(32-23)29-14-18-4-3-5-20(27)11-18/h3-9,11-12,15-16,22H,10,13-14H2,1-2H3,(H,28,34)(H2,29,30,31,32)/t22-/m0/s1. The van der Waals surface area contributed by atoms with Gasteiger partial charge in [-0.15, -0.1) is 0 Å². The van der Waals surface area contributed by atoms with Gasteiger partial charge in [0.1, 0.15) is 17.6 Å². The van der Waals surface area contributed by atoms with E-state index in [0.717, 1.165) is 11.1 Å². The maximum absolute atomic E-state index is 13.0. The fourth-order valence-corrected chi connectivity index (χ4v) is 3.64. The molecule has 3 rings (SSSR count). The largest absolute Gasteiger partial charge is 0.358 e. The Labute approximate surface area is 209 Å². The maximum atomic E-state index is 13.0. The summed E-state index contributed by atoms with van der Waals surface area (Å²) in [4.78, 5) is 33.1. The molecule has 3 N–H and O–H groups in total. The number of carbonyl (C=O) groups is 2. The number of nitrogens with one attached hydrogen (secondary N) is 3. The predicted molar refractivity (Wildman–Crippen MR) is 136 cm³/mol. The number of hydrogen-bond donors (Lipinski definition) is 3. The van der Waals surface area contributed by atoms with E-state index in [9.17, 15) is 9.59 Å². The van der Waals surface area contributed by atoms with Gasteiger partial charge in [-0.25, -0.2) is 4.98 Å². The van der Waals surface area contributed by atoms with Crippen molar-refractivity contribution >= 4 is 47.2 Å². The molecule has 1 amide bonds. The van der Waals surface area contributed by atoms with Crippen molar-refractivity contribution in [1.29, 1.82) is 0 Å². The average molecular weight is 500 g/mol. The predicted octanol–water partition coefficient (Wildman–Crippen LogP) is 5.35. The van der Waals surface area contributed by atoms with Crippen molar-refractivity contribution in [2.75, 3.05) is 10.6 Å². The Morgan fingerprint density at radius 3 is 2.41 bits per heavy atom. The van der Waals surface area contributed by atoms with E-state index in [1.54, 1.807) is 18.2 Å². The Hall–Kier alpha value is -3.16. The zero-order chi connectivity index (χ0) is 24.5. The first-order valence-electron chi connectivity index (χ1n) is 10.9. The summed E-state index contributed by atoms with van der Waals surface area (Å²) >= 11 is 12.0. The van der Waals surface area contributed by atoms with Gasteiger partial charge in [-0.05, 0) is 47.7 Å². The van der Waals surface area contributed by atoms with Crippen LogP contribution in [0.4, 0.5) is 11.8 Å². The SMILES string of the molecule is CC(C)C[C@H](Nc1cc(C=O)nc(NCc2cccc(Cl)c2)n1)C(=O)NCc1ccc(Cl)cc1. The molecule has 1 aromatic heterocycles. The second-order valence-electron chi connectivity index (χ2n) is 8.27. The lowest BCUT2D eigenvalue weighted by atomic mass is 10.0. The number of carbonyl (C=O) groups excluding carboxylic acids is 2. The van der Waals surface area contributed by atoms with Crippen LogP contribution < -0.4 is 16.0 Å². The highest BCUT2D eigenvalue weighted by atomic mass is 35.5. The van der Waals surface area contributed by atoms with Crippen LogP contribution in [0.25, 0.3) is 0 Å². The van der Waals surface area contributed by atoms with Crippen LogP contribution in [0.3, 0.4) is 0 Å². The first-order valence-corrected chi connectivity index (χ1v) is 11.7. The Morgan fingerprint density at radius 2 is 1.74 bits per heavy atom. The summed E-state index contributed by atoms with van der Waals surface area (Å²) < 4.78 is 0. The quantitative estimate of drug-likeness (QED) is 0.307. The van der Waals surface area contributed by atoms with Crippen molar-refractivity contribution in [3.63, 3.8) is 0 Å². The van der Waals surface area contributed by atoms with E-state index in [1.807, 2.05) is 44.2 Å². The molecule has 0 unspecified atom stereocenters. The van der Waals surface area contributed by atoms with Gasteiger partial charge in [0.15, 0.2) is 6.29 Å². The van der Waals surface area contributed by atoms with Crippen molar-refractivity contribution in [2.24, 2.45) is 5.92 Å². The number of rotatable bonds is 11. The Morgan fingerprint density at radius 1 is 0.971 bits per heavy atom. The number of aldehydes is 1. The van der Waals surface area contributed by atoms with Crippen molar-refractivity contribution in [1.82, 2.24) is 15.3 Å². The highest BCUT2D eigenvalue weighted by Crippen LogP contribution is 2.17. The lowest BCUT2D eigenvalue weighted by Crippen LogP contribution is -2.40. The van der Waals surface area contributed by atoms with Gasteiger partial charge < -0.3 is 16.0 Å². The first-order chi connectivity index (χ1) is 16.3. The van der Waals surface area contributed by atoms with Gasteiger partial charge in [0.05, 0.1) is 0 Å². The number of aromatic nitrogens is 2. The van der Waals surface area contributed by atoms with E-state index in [0.29, 0.717) is 41.7 Å². The molecular weight excluding hydrogens is 473 g/mol. The monoisotopic (exact) mass is 499 g/mol. The van der Waals surface area contributed by atoms with E-state index in [4.69, 9.17) is 23.2 Å². The van der Waals surface area contributed by atoms with Crippen molar-refractivity contribution in [3.8, 4) is 0 Å². The van der Waals surface area contributed by atoms with Crippen LogP contribution in [-0.4, -0.2) is 28.2 Å². The molecule has 0 aliphatic carbocycles. The zero-order valence-electron chi connectivity index (χ0n) is 19.0. The minimum Gasteiger partial charge on any atom is -0.358 e. The average Bonchev–Trinajstić information content (AvgIpc) is 2.81. The van der Waals surface area contributed by atoms with Crippen LogP contribution in [-0.2, 0) is 17.9 Å². The first kappa shape index (κ1) is 25.5. The van der Waals surface area contributed by atoms with Crippen LogP contribution >= 0.6 is 23.2 Å². The summed E-state index contributed by atoms with van der Waals surface area (Å²) in [6.45, 7) is 4.88. The third kappa shape index (κ3) is 8.01. The van der Waals surface area contributed by atoms with E-state index < -0.39 is 6.04 Å². The highest BCUT2D eigenvalue weighted by Gasteiger charge is 2.21. The minimum absolute atomic E-state index is 0.164. The normalized spacial score (nSPS) is 11.7. The number of halogens is 2. The lowest BCUT2D eigenvalue weighted by molar-refractivity contribution is -0.122. The molecule has 7 nitrogen and oxygen atoms in total. The summed E-state index contributed by atoms with van der Waals surface area (Å²) in [6, 6.07) is 15.7. The molecule has 0 aliphatic rings. The topological polar surface area (TPSA) is 96.0 Å². The second kappa shape index (κ2) is 12.3. The highest BCUT2D eigenvalue weighted by molar-refractivity contribution is 6.30. The molecule has 0 saturated heterocycles. The molecule has 0 fully saturated rings. The Bertz CT molecular complexity index is 1120. The van der Waals surface area contributed by atoms with Crippen LogP contribution in [0.5, 0.6) is 0 Å². The Kier molecular flexibility index (Phi) is 9.24. The van der Waals surface area contributed by atoms with Crippen LogP contribution in [0.15, 0.2) is 54.6 Å². The van der Waals surface area contributed by atoms with Crippen molar-refractivity contribution in [2.45, 2.75) is 39.4 Å². The van der Waals surface area contributed by atoms with Gasteiger partial charge in [-0.2, -0.15) is 4.98 Å². The molecule has 1 atom stereocenters. The molecule has 2 aromatic carbocycles. The number of nitrogens with zero attached hydrogens (tertiary/aromatic N) is 2. The second-order valence-corrected chi connectivity index (χ2v) is 9.15. The summed E-state index contributed by atoms with van der Waals surface area (Å²) in [6.07, 6.45) is 1.23. The molecule has 0 saturated carbocycles. The van der Waals surface area contributed by atoms with Crippen LogP contribution in [0.1, 0.15) is 41.9 Å². The fraction of sp³-hybridized carbons (Fsp3) is 0.280. The van der Waals surface area contributed by atoms with Gasteiger partial charge >= 0.3 is 0 Å². The number of benzene rings is 2. The van der Waals surface area contributed by atoms with Gasteiger partial charge in [0.2, 0.25) is 11.9 Å². The smallest absolute Gasteiger partial charge is 0.242 e. The zero-order valence-corrected chi connectivity index (χ0v) is 20.5. The van der Waals surface area contributed by atoms with Crippen LogP contribution in [0.2, 0.25) is 10.0 Å². The maximum Gasteiger partial charge on any atom is 0.242 e. The molecule has 178 valence electrons. The van der Waals surface area contributed by atoms with Crippen LogP contribution in [0, 0.1) is 5.92 Å². The molecule has 9 heteroatoms. The summed E-state index contributed by atoms with van der Waals surface area (Å²) in [5.41, 5.74) is 2.09. The third-order valence-corrected chi connectivity index (χ3v) is 5.42. The third-order valence-electron chi connectivity index (χ3n) is 4.93. The van der Waals surface area contributed by atoms with Crippen molar-refractivity contribution < 1.29 is 9.59 Å². The van der Waals surface area contributed by atoms with Gasteiger partial charge in [0.25, 0.3) is 0 Å². The van der Waals surface area contributed by atoms with Crippen molar-refractivity contribution in [3.05, 3.63) is 81.5 Å². The molecule has 0 aliphatic heterocycles. The summed E-state index contributed by atoms with van der Waals surface area (Å²) in [5, 5.41) is 10.5. The van der Waals surface area contributed by atoms with Gasteiger partial charge in [-0.1, -0.05) is 61.3 Å². The fourth-order valence-electron chi connectivity index (χ4n) is 3.30. The summed E-state index contributed by atoms with van der Waals surface area (Å²) in [5.74, 6) is 0.755. The molecule has 3 aromatic rings. The lowest BCUT2D eigenvalue weighted by Gasteiger charge is -2.21. The molecule has 0 spiro atoms. The molecule has 0 radical (unpaired) electrons. The number of hydrogen-bond acceptors (Lipinski definition) is 6.